The number of hydrogen-bond acceptors (Lipinski definition) is 4. The molecule has 0 aliphatic heterocycles. The standard InChI is InChI=1S/C16H28N4O/c1-4-20(5-2)15(14-9-7-6-8-10-14)12-18-11-13(3)16(17)19-21/h6-10,13,15,18,21H,4-5,11-12H2,1-3H3,(H2,17,19). The molecular formula is C16H28N4O. The molecule has 1 aromatic rings. The normalized spacial score (nSPS) is 15.1. The molecule has 1 aromatic carbocycles. The average molecular weight is 292 g/mol. The predicted molar refractivity (Wildman–Crippen MR) is 87.5 cm³/mol. The molecule has 0 saturated heterocycles. The van der Waals surface area contributed by atoms with E-state index in [2.05, 4.69) is 53.5 Å². The van der Waals surface area contributed by atoms with Crippen molar-refractivity contribution >= 4 is 5.84 Å². The van der Waals surface area contributed by atoms with Crippen LogP contribution >= 0.6 is 0 Å². The first-order valence-electron chi connectivity index (χ1n) is 7.61. The Morgan fingerprint density at radius 1 is 1.24 bits per heavy atom. The number of nitrogens with one attached hydrogen (secondary N) is 1. The molecule has 0 bridgehead atoms. The molecule has 2 atom stereocenters. The van der Waals surface area contributed by atoms with Gasteiger partial charge in [-0.1, -0.05) is 56.3 Å². The van der Waals surface area contributed by atoms with E-state index in [0.29, 0.717) is 12.6 Å². The fourth-order valence-corrected chi connectivity index (χ4v) is 2.44. The highest BCUT2D eigenvalue weighted by Gasteiger charge is 2.18. The van der Waals surface area contributed by atoms with Crippen LogP contribution < -0.4 is 11.1 Å². The van der Waals surface area contributed by atoms with Gasteiger partial charge in [-0.3, -0.25) is 4.90 Å². The molecule has 0 radical (unpaired) electrons. The maximum Gasteiger partial charge on any atom is 0.143 e. The van der Waals surface area contributed by atoms with Crippen molar-refractivity contribution in [2.24, 2.45) is 16.8 Å². The van der Waals surface area contributed by atoms with Gasteiger partial charge in [-0.2, -0.15) is 0 Å². The summed E-state index contributed by atoms with van der Waals surface area (Å²) in [6, 6.07) is 10.8. The first-order chi connectivity index (χ1) is 10.1. The number of likely N-dealkylation sites (N-methyl/N-ethyl adjacent to an activating group) is 1. The Balaban J connectivity index is 2.67. The molecule has 2 unspecified atom stereocenters. The van der Waals surface area contributed by atoms with Gasteiger partial charge in [0.15, 0.2) is 0 Å². The fraction of sp³-hybridized carbons (Fsp3) is 0.562. The number of hydrogen-bond donors (Lipinski definition) is 3. The van der Waals surface area contributed by atoms with Crippen LogP contribution in [0.15, 0.2) is 35.5 Å². The van der Waals surface area contributed by atoms with Crippen LogP contribution in [-0.2, 0) is 0 Å². The van der Waals surface area contributed by atoms with Crippen LogP contribution in [0.4, 0.5) is 0 Å². The van der Waals surface area contributed by atoms with Gasteiger partial charge in [0.05, 0.1) is 0 Å². The Kier molecular flexibility index (Phi) is 7.79. The summed E-state index contributed by atoms with van der Waals surface area (Å²) in [6.45, 7) is 9.85. The van der Waals surface area contributed by atoms with Crippen molar-refractivity contribution in [1.82, 2.24) is 10.2 Å². The summed E-state index contributed by atoms with van der Waals surface area (Å²) in [5, 5.41) is 15.2. The van der Waals surface area contributed by atoms with Crippen LogP contribution in [0.1, 0.15) is 32.4 Å². The highest BCUT2D eigenvalue weighted by Crippen LogP contribution is 2.19. The monoisotopic (exact) mass is 292 g/mol. The molecule has 4 N–H and O–H groups in total. The van der Waals surface area contributed by atoms with Gasteiger partial charge in [-0.25, -0.2) is 0 Å². The number of amidine groups is 1. The molecule has 0 aliphatic carbocycles. The van der Waals surface area contributed by atoms with Crippen LogP contribution in [-0.4, -0.2) is 42.1 Å². The van der Waals surface area contributed by atoms with Crippen LogP contribution in [0.25, 0.3) is 0 Å². The van der Waals surface area contributed by atoms with E-state index in [1.54, 1.807) is 0 Å². The minimum absolute atomic E-state index is 0.0168. The van der Waals surface area contributed by atoms with Crippen LogP contribution in [0.5, 0.6) is 0 Å². The summed E-state index contributed by atoms with van der Waals surface area (Å²) in [5.74, 6) is 0.282. The van der Waals surface area contributed by atoms with E-state index in [-0.39, 0.29) is 11.8 Å². The van der Waals surface area contributed by atoms with Gasteiger partial charge in [0, 0.05) is 25.0 Å². The quantitative estimate of drug-likeness (QED) is 0.282. The maximum atomic E-state index is 8.68. The van der Waals surface area contributed by atoms with E-state index in [9.17, 15) is 0 Å². The van der Waals surface area contributed by atoms with Crippen molar-refractivity contribution in [3.8, 4) is 0 Å². The van der Waals surface area contributed by atoms with E-state index in [1.807, 2.05) is 13.0 Å². The molecule has 1 rings (SSSR count). The molecule has 118 valence electrons. The SMILES string of the molecule is CCN(CC)C(CNCC(C)C(N)=NO)c1ccccc1. The van der Waals surface area contributed by atoms with Gasteiger partial charge in [-0.15, -0.1) is 0 Å². The van der Waals surface area contributed by atoms with E-state index >= 15 is 0 Å². The molecular weight excluding hydrogens is 264 g/mol. The molecule has 0 amide bonds. The summed E-state index contributed by atoms with van der Waals surface area (Å²) in [5.41, 5.74) is 6.92. The number of benzene rings is 1. The largest absolute Gasteiger partial charge is 0.409 e. The van der Waals surface area contributed by atoms with Crippen molar-refractivity contribution in [2.45, 2.75) is 26.8 Å². The lowest BCUT2D eigenvalue weighted by molar-refractivity contribution is 0.212. The third-order valence-electron chi connectivity index (χ3n) is 3.85. The first kappa shape index (κ1) is 17.5. The lowest BCUT2D eigenvalue weighted by Gasteiger charge is -2.30. The van der Waals surface area contributed by atoms with Gasteiger partial charge in [0.1, 0.15) is 5.84 Å². The third-order valence-corrected chi connectivity index (χ3v) is 3.85. The summed E-state index contributed by atoms with van der Waals surface area (Å²) in [7, 11) is 0. The maximum absolute atomic E-state index is 8.68. The Morgan fingerprint density at radius 3 is 2.38 bits per heavy atom. The number of nitrogens with zero attached hydrogens (tertiary/aromatic N) is 2. The fourth-order valence-electron chi connectivity index (χ4n) is 2.44. The molecule has 0 saturated carbocycles. The Labute approximate surface area is 127 Å². The Bertz CT molecular complexity index is 418. The summed E-state index contributed by atoms with van der Waals surface area (Å²) in [4.78, 5) is 2.43. The summed E-state index contributed by atoms with van der Waals surface area (Å²) < 4.78 is 0. The summed E-state index contributed by atoms with van der Waals surface area (Å²) >= 11 is 0. The van der Waals surface area contributed by atoms with Gasteiger partial charge in [-0.05, 0) is 18.7 Å². The van der Waals surface area contributed by atoms with Crippen molar-refractivity contribution < 1.29 is 5.21 Å². The van der Waals surface area contributed by atoms with E-state index < -0.39 is 0 Å². The van der Waals surface area contributed by atoms with Crippen molar-refractivity contribution in [2.75, 3.05) is 26.2 Å². The molecule has 0 heterocycles. The second-order valence-electron chi connectivity index (χ2n) is 5.23. The Hall–Kier alpha value is -1.59. The zero-order valence-electron chi connectivity index (χ0n) is 13.3. The molecule has 0 aliphatic rings. The highest BCUT2D eigenvalue weighted by molar-refractivity contribution is 5.82. The lowest BCUT2D eigenvalue weighted by atomic mass is 10.0. The Morgan fingerprint density at radius 2 is 1.86 bits per heavy atom. The molecule has 0 spiro atoms. The second kappa shape index (κ2) is 9.37. The van der Waals surface area contributed by atoms with E-state index in [4.69, 9.17) is 10.9 Å². The zero-order valence-corrected chi connectivity index (χ0v) is 13.3. The molecule has 0 aromatic heterocycles. The first-order valence-corrected chi connectivity index (χ1v) is 7.61. The van der Waals surface area contributed by atoms with Crippen LogP contribution in [0, 0.1) is 5.92 Å². The lowest BCUT2D eigenvalue weighted by Crippen LogP contribution is -2.39. The van der Waals surface area contributed by atoms with Gasteiger partial charge < -0.3 is 16.3 Å². The van der Waals surface area contributed by atoms with Gasteiger partial charge in [0.2, 0.25) is 0 Å². The van der Waals surface area contributed by atoms with Crippen LogP contribution in [0.2, 0.25) is 0 Å². The second-order valence-corrected chi connectivity index (χ2v) is 5.23. The average Bonchev–Trinajstić information content (AvgIpc) is 2.54. The molecule has 5 nitrogen and oxygen atoms in total. The third kappa shape index (κ3) is 5.36. The van der Waals surface area contributed by atoms with E-state index in [1.165, 1.54) is 5.56 Å². The van der Waals surface area contributed by atoms with Crippen molar-refractivity contribution in [3.63, 3.8) is 0 Å². The number of nitrogens with two attached hydrogens (primary N) is 1. The minimum Gasteiger partial charge on any atom is -0.409 e. The smallest absolute Gasteiger partial charge is 0.143 e. The molecule has 5 heteroatoms. The highest BCUT2D eigenvalue weighted by atomic mass is 16.4. The van der Waals surface area contributed by atoms with Crippen molar-refractivity contribution in [3.05, 3.63) is 35.9 Å². The van der Waals surface area contributed by atoms with Gasteiger partial charge in [0.25, 0.3) is 0 Å². The van der Waals surface area contributed by atoms with Crippen LogP contribution in [0.3, 0.4) is 0 Å². The topological polar surface area (TPSA) is 73.9 Å². The zero-order chi connectivity index (χ0) is 15.7. The number of rotatable bonds is 9. The van der Waals surface area contributed by atoms with E-state index in [0.717, 1.165) is 19.6 Å². The molecule has 21 heavy (non-hydrogen) atoms. The summed E-state index contributed by atoms with van der Waals surface area (Å²) in [6.07, 6.45) is 0. The minimum atomic E-state index is 0.0168. The molecule has 0 fully saturated rings. The number of oxime groups is 1. The predicted octanol–water partition coefficient (Wildman–Crippen LogP) is 2.04. The van der Waals surface area contributed by atoms with Crippen molar-refractivity contribution in [1.29, 1.82) is 0 Å². The van der Waals surface area contributed by atoms with Gasteiger partial charge >= 0.3 is 0 Å².